The zero-order chi connectivity index (χ0) is 24.3. The van der Waals surface area contributed by atoms with Gasteiger partial charge in [-0.2, -0.15) is 0 Å². The van der Waals surface area contributed by atoms with E-state index in [0.29, 0.717) is 25.1 Å². The average molecular weight is 495 g/mol. The fourth-order valence-corrected chi connectivity index (χ4v) is 6.25. The minimum Gasteiger partial charge on any atom is -0.385 e. The highest BCUT2D eigenvalue weighted by Gasteiger charge is 2.32. The Bertz CT molecular complexity index is 756. The Balaban J connectivity index is 1.57. The fourth-order valence-electron chi connectivity index (χ4n) is 6.06. The molecule has 34 heavy (non-hydrogen) atoms. The highest BCUT2D eigenvalue weighted by molar-refractivity contribution is 6.30. The van der Waals surface area contributed by atoms with E-state index in [1.165, 1.54) is 32.1 Å². The predicted molar refractivity (Wildman–Crippen MR) is 138 cm³/mol. The van der Waals surface area contributed by atoms with E-state index in [0.717, 1.165) is 57.4 Å². The Labute approximate surface area is 210 Å². The van der Waals surface area contributed by atoms with Crippen molar-refractivity contribution in [1.29, 1.82) is 0 Å². The van der Waals surface area contributed by atoms with Crippen molar-refractivity contribution >= 4 is 17.5 Å². The maximum Gasteiger partial charge on any atom is 0.222 e. The zero-order valence-corrected chi connectivity index (χ0v) is 21.7. The van der Waals surface area contributed by atoms with Crippen molar-refractivity contribution in [3.63, 3.8) is 0 Å². The second kappa shape index (κ2) is 14.4. The number of ether oxygens (including phenoxy) is 1. The van der Waals surface area contributed by atoms with Crippen molar-refractivity contribution < 1.29 is 13.9 Å². The fraction of sp³-hybridized carbons (Fsp3) is 0.750. The third-order valence-corrected chi connectivity index (χ3v) is 8.26. The number of likely N-dealkylation sites (tertiary alicyclic amines) is 1. The minimum atomic E-state index is -0.307. The van der Waals surface area contributed by atoms with Crippen LogP contribution >= 0.6 is 11.6 Å². The molecule has 4 nitrogen and oxygen atoms in total. The van der Waals surface area contributed by atoms with Gasteiger partial charge in [0, 0.05) is 39.3 Å². The molecule has 1 amide bonds. The van der Waals surface area contributed by atoms with Crippen molar-refractivity contribution in [3.8, 4) is 0 Å². The van der Waals surface area contributed by atoms with Crippen LogP contribution in [-0.4, -0.2) is 43.7 Å². The molecule has 1 aromatic rings. The molecule has 0 aromatic heterocycles. The number of carbonyl (C=O) groups excluding carboxylic acids is 1. The molecule has 2 N–H and O–H groups in total. The summed E-state index contributed by atoms with van der Waals surface area (Å²) >= 11 is 6.13. The summed E-state index contributed by atoms with van der Waals surface area (Å²) < 4.78 is 20.2. The standard InChI is InChI=1S/C28H44ClFN2O2/c1-34-18-6-5-12-24(25-13-7-14-26(29)28(25)30)22-11-8-17-32(20-22)27(33)16-15-23(31)19-21-9-3-2-4-10-21/h7,13-14,21-24H,2-6,8-12,15-20,31H2,1H3/t22-,23-,24+/m1/s1. The molecule has 1 aromatic carbocycles. The van der Waals surface area contributed by atoms with Gasteiger partial charge in [0.1, 0.15) is 5.82 Å². The highest BCUT2D eigenvalue weighted by Crippen LogP contribution is 2.38. The van der Waals surface area contributed by atoms with Gasteiger partial charge in [-0.25, -0.2) is 4.39 Å². The molecule has 3 atom stereocenters. The van der Waals surface area contributed by atoms with Gasteiger partial charge in [-0.05, 0) is 67.9 Å². The van der Waals surface area contributed by atoms with Crippen LogP contribution in [0.3, 0.4) is 0 Å². The second-order valence-corrected chi connectivity index (χ2v) is 10.9. The van der Waals surface area contributed by atoms with Gasteiger partial charge in [-0.3, -0.25) is 4.79 Å². The number of unbranched alkanes of at least 4 members (excludes halogenated alkanes) is 1. The molecule has 1 saturated carbocycles. The van der Waals surface area contributed by atoms with Gasteiger partial charge in [0.15, 0.2) is 0 Å². The van der Waals surface area contributed by atoms with Gasteiger partial charge in [0.25, 0.3) is 0 Å². The molecule has 192 valence electrons. The zero-order valence-electron chi connectivity index (χ0n) is 21.0. The SMILES string of the molecule is COCCCC[C@H](c1cccc(Cl)c1F)[C@@H]1CCCN(C(=O)CC[C@@H](N)CC2CCCCC2)C1. The average Bonchev–Trinajstić information content (AvgIpc) is 2.85. The Morgan fingerprint density at radius 3 is 2.74 bits per heavy atom. The molecule has 0 spiro atoms. The topological polar surface area (TPSA) is 55.6 Å². The summed E-state index contributed by atoms with van der Waals surface area (Å²) in [5.41, 5.74) is 7.10. The summed E-state index contributed by atoms with van der Waals surface area (Å²) in [6, 6.07) is 5.42. The first-order chi connectivity index (χ1) is 16.5. The van der Waals surface area contributed by atoms with Crippen LogP contribution in [0.1, 0.15) is 95.0 Å². The molecule has 0 bridgehead atoms. The molecule has 2 aliphatic rings. The largest absolute Gasteiger partial charge is 0.385 e. The Hall–Kier alpha value is -1.17. The molecule has 6 heteroatoms. The molecule has 2 fully saturated rings. The normalized spacial score (nSPS) is 21.4. The molecular formula is C28H44ClFN2O2. The van der Waals surface area contributed by atoms with E-state index in [9.17, 15) is 9.18 Å². The molecular weight excluding hydrogens is 451 g/mol. The molecule has 1 saturated heterocycles. The van der Waals surface area contributed by atoms with E-state index in [1.54, 1.807) is 13.2 Å². The number of methoxy groups -OCH3 is 1. The van der Waals surface area contributed by atoms with Crippen LogP contribution < -0.4 is 5.73 Å². The number of rotatable bonds is 12. The smallest absolute Gasteiger partial charge is 0.222 e. The highest BCUT2D eigenvalue weighted by atomic mass is 35.5. The third-order valence-electron chi connectivity index (χ3n) is 7.96. The first-order valence-corrected chi connectivity index (χ1v) is 13.8. The number of halogens is 2. The van der Waals surface area contributed by atoms with Crippen molar-refractivity contribution in [1.82, 2.24) is 4.90 Å². The van der Waals surface area contributed by atoms with Crippen LogP contribution in [0.25, 0.3) is 0 Å². The van der Waals surface area contributed by atoms with Gasteiger partial charge in [-0.1, -0.05) is 62.3 Å². The van der Waals surface area contributed by atoms with Crippen molar-refractivity contribution in [2.45, 2.75) is 95.4 Å². The second-order valence-electron chi connectivity index (χ2n) is 10.5. The van der Waals surface area contributed by atoms with Gasteiger partial charge in [0.05, 0.1) is 5.02 Å². The number of carbonyl (C=O) groups is 1. The molecule has 3 rings (SSSR count). The first kappa shape index (κ1) is 27.4. The quantitative estimate of drug-likeness (QED) is 0.329. The van der Waals surface area contributed by atoms with Crippen LogP contribution in [0.5, 0.6) is 0 Å². The van der Waals surface area contributed by atoms with Crippen LogP contribution in [-0.2, 0) is 9.53 Å². The van der Waals surface area contributed by atoms with Crippen molar-refractivity contribution in [2.24, 2.45) is 17.6 Å². The van der Waals surface area contributed by atoms with E-state index in [4.69, 9.17) is 22.1 Å². The number of amides is 1. The Morgan fingerprint density at radius 1 is 1.18 bits per heavy atom. The van der Waals surface area contributed by atoms with Crippen LogP contribution in [0.15, 0.2) is 18.2 Å². The Kier molecular flexibility index (Phi) is 11.6. The Morgan fingerprint density at radius 2 is 1.97 bits per heavy atom. The summed E-state index contributed by atoms with van der Waals surface area (Å²) in [5.74, 6) is 0.931. The lowest BCUT2D eigenvalue weighted by atomic mass is 9.78. The molecule has 1 aliphatic carbocycles. The van der Waals surface area contributed by atoms with Gasteiger partial charge in [-0.15, -0.1) is 0 Å². The van der Waals surface area contributed by atoms with Crippen LogP contribution in [0, 0.1) is 17.7 Å². The van der Waals surface area contributed by atoms with Gasteiger partial charge < -0.3 is 15.4 Å². The number of hydrogen-bond acceptors (Lipinski definition) is 3. The van der Waals surface area contributed by atoms with Crippen LogP contribution in [0.4, 0.5) is 4.39 Å². The monoisotopic (exact) mass is 494 g/mol. The number of benzene rings is 1. The van der Waals surface area contributed by atoms with E-state index in [1.807, 2.05) is 17.0 Å². The lowest BCUT2D eigenvalue weighted by Crippen LogP contribution is -2.42. The van der Waals surface area contributed by atoms with E-state index < -0.39 is 0 Å². The maximum atomic E-state index is 15.0. The number of nitrogens with two attached hydrogens (primary N) is 1. The van der Waals surface area contributed by atoms with Gasteiger partial charge >= 0.3 is 0 Å². The predicted octanol–water partition coefficient (Wildman–Crippen LogP) is 6.70. The van der Waals surface area contributed by atoms with E-state index >= 15 is 0 Å². The summed E-state index contributed by atoms with van der Waals surface area (Å²) in [7, 11) is 1.71. The summed E-state index contributed by atoms with van der Waals surface area (Å²) in [4.78, 5) is 15.1. The van der Waals surface area contributed by atoms with Crippen LogP contribution in [0.2, 0.25) is 5.02 Å². The van der Waals surface area contributed by atoms with E-state index in [-0.39, 0.29) is 34.6 Å². The van der Waals surface area contributed by atoms with Crippen molar-refractivity contribution in [3.05, 3.63) is 34.6 Å². The number of piperidine rings is 1. The third kappa shape index (κ3) is 8.20. The first-order valence-electron chi connectivity index (χ1n) is 13.5. The minimum absolute atomic E-state index is 0.0553. The molecule has 0 unspecified atom stereocenters. The number of hydrogen-bond donors (Lipinski definition) is 1. The molecule has 0 radical (unpaired) electrons. The lowest BCUT2D eigenvalue weighted by molar-refractivity contribution is -0.133. The number of nitrogens with zero attached hydrogens (tertiary/aromatic N) is 1. The lowest BCUT2D eigenvalue weighted by Gasteiger charge is -2.38. The van der Waals surface area contributed by atoms with Crippen molar-refractivity contribution in [2.75, 3.05) is 26.8 Å². The molecule has 1 aliphatic heterocycles. The maximum absolute atomic E-state index is 15.0. The summed E-state index contributed by atoms with van der Waals surface area (Å²) in [5, 5.41) is 0.176. The molecule has 1 heterocycles. The van der Waals surface area contributed by atoms with Gasteiger partial charge in [0.2, 0.25) is 5.91 Å². The summed E-state index contributed by atoms with van der Waals surface area (Å²) in [6.07, 6.45) is 13.7. The van der Waals surface area contributed by atoms with E-state index in [2.05, 4.69) is 0 Å². The summed E-state index contributed by atoms with van der Waals surface area (Å²) in [6.45, 7) is 2.19.